The first kappa shape index (κ1) is 12.9. The molecule has 0 aliphatic carbocycles. The highest BCUT2D eigenvalue weighted by Crippen LogP contribution is 2.04. The number of hydrogen-bond acceptors (Lipinski definition) is 2. The van der Waals surface area contributed by atoms with Crippen LogP contribution in [0.5, 0.6) is 0 Å². The van der Waals surface area contributed by atoms with Crippen LogP contribution in [-0.4, -0.2) is 12.6 Å². The molecule has 0 amide bonds. The average Bonchev–Trinajstić information content (AvgIpc) is 2.20. The number of rotatable bonds is 8. The first-order chi connectivity index (χ1) is 6.81. The normalized spacial score (nSPS) is 10.4. The van der Waals surface area contributed by atoms with Crippen LogP contribution in [0.2, 0.25) is 0 Å². The Hall–Kier alpha value is -1.05. The van der Waals surface area contributed by atoms with Gasteiger partial charge in [0.2, 0.25) is 0 Å². The summed E-state index contributed by atoms with van der Waals surface area (Å²) in [6, 6.07) is 0. The highest BCUT2D eigenvalue weighted by Gasteiger charge is 1.99. The number of allylic oxidation sites excluding steroid dienone is 2. The molecule has 0 fully saturated rings. The zero-order valence-electron chi connectivity index (χ0n) is 9.00. The molecule has 0 aliphatic heterocycles. The van der Waals surface area contributed by atoms with Crippen LogP contribution in [0.25, 0.3) is 0 Å². The highest BCUT2D eigenvalue weighted by molar-refractivity contribution is 5.69. The number of ether oxygens (including phenoxy) is 1. The third kappa shape index (κ3) is 9.04. The molecule has 0 aromatic rings. The van der Waals surface area contributed by atoms with Crippen LogP contribution in [0, 0.1) is 0 Å². The fourth-order valence-electron chi connectivity index (χ4n) is 1.10. The Labute approximate surface area is 86.6 Å². The van der Waals surface area contributed by atoms with Crippen LogP contribution in [-0.2, 0) is 9.53 Å². The van der Waals surface area contributed by atoms with Crippen LogP contribution >= 0.6 is 0 Å². The molecular formula is C12H20O2. The van der Waals surface area contributed by atoms with E-state index in [1.807, 2.05) is 6.92 Å². The van der Waals surface area contributed by atoms with E-state index < -0.39 is 0 Å². The van der Waals surface area contributed by atoms with E-state index in [0.29, 0.717) is 13.0 Å². The molecule has 0 saturated heterocycles. The summed E-state index contributed by atoms with van der Waals surface area (Å²) < 4.78 is 4.85. The largest absolute Gasteiger partial charge is 0.461 e. The molecule has 0 heterocycles. The van der Waals surface area contributed by atoms with Crippen molar-refractivity contribution in [3.05, 3.63) is 24.8 Å². The predicted molar refractivity (Wildman–Crippen MR) is 59.1 cm³/mol. The lowest BCUT2D eigenvalue weighted by Gasteiger charge is -2.00. The first-order valence-corrected chi connectivity index (χ1v) is 5.19. The fourth-order valence-corrected chi connectivity index (χ4v) is 1.10. The van der Waals surface area contributed by atoms with E-state index in [1.165, 1.54) is 0 Å². The van der Waals surface area contributed by atoms with Gasteiger partial charge in [-0.1, -0.05) is 31.2 Å². The van der Waals surface area contributed by atoms with Crippen LogP contribution < -0.4 is 0 Å². The molecule has 0 unspecified atom stereocenters. The maximum absolute atomic E-state index is 11.0. The Bertz CT molecular complexity index is 183. The van der Waals surface area contributed by atoms with Crippen molar-refractivity contribution >= 4 is 5.97 Å². The number of hydrogen-bond donors (Lipinski definition) is 0. The molecule has 80 valence electrons. The summed E-state index contributed by atoms with van der Waals surface area (Å²) in [6.45, 7) is 5.83. The van der Waals surface area contributed by atoms with E-state index in [1.54, 1.807) is 6.08 Å². The first-order valence-electron chi connectivity index (χ1n) is 5.19. The minimum Gasteiger partial charge on any atom is -0.461 e. The summed E-state index contributed by atoms with van der Waals surface area (Å²) in [5, 5.41) is 0. The van der Waals surface area contributed by atoms with E-state index in [0.717, 1.165) is 25.7 Å². The summed E-state index contributed by atoms with van der Waals surface area (Å²) in [5.41, 5.74) is 0. The smallest absolute Gasteiger partial charge is 0.306 e. The lowest BCUT2D eigenvalue weighted by molar-refractivity contribution is -0.142. The molecule has 0 rings (SSSR count). The van der Waals surface area contributed by atoms with Crippen LogP contribution in [0.15, 0.2) is 24.8 Å². The molecular weight excluding hydrogens is 176 g/mol. The van der Waals surface area contributed by atoms with Gasteiger partial charge in [0.15, 0.2) is 0 Å². The Morgan fingerprint density at radius 3 is 2.79 bits per heavy atom. The molecule has 0 atom stereocenters. The average molecular weight is 196 g/mol. The second kappa shape index (κ2) is 10.0. The van der Waals surface area contributed by atoms with Crippen molar-refractivity contribution in [3.63, 3.8) is 0 Å². The molecule has 0 aromatic carbocycles. The number of carbonyl (C=O) groups excluding carboxylic acids is 1. The van der Waals surface area contributed by atoms with Crippen LogP contribution in [0.3, 0.4) is 0 Å². The third-order valence-corrected chi connectivity index (χ3v) is 1.85. The molecule has 0 saturated carbocycles. The number of unbranched alkanes of at least 4 members (excludes halogenated alkanes) is 3. The molecule has 0 aliphatic rings. The molecule has 0 aromatic heterocycles. The molecule has 0 radical (unpaired) electrons. The molecule has 0 spiro atoms. The summed E-state index contributed by atoms with van der Waals surface area (Å²) in [4.78, 5) is 11.0. The quantitative estimate of drug-likeness (QED) is 0.338. The maximum atomic E-state index is 11.0. The van der Waals surface area contributed by atoms with Crippen molar-refractivity contribution in [2.45, 2.75) is 39.0 Å². The highest BCUT2D eigenvalue weighted by atomic mass is 16.5. The summed E-state index contributed by atoms with van der Waals surface area (Å²) in [5.74, 6) is -0.115. The van der Waals surface area contributed by atoms with Gasteiger partial charge in [0.25, 0.3) is 0 Å². The zero-order valence-corrected chi connectivity index (χ0v) is 9.00. The second-order valence-electron chi connectivity index (χ2n) is 3.14. The molecule has 0 bridgehead atoms. The monoisotopic (exact) mass is 196 g/mol. The summed E-state index contributed by atoms with van der Waals surface area (Å²) >= 11 is 0. The molecule has 14 heavy (non-hydrogen) atoms. The summed E-state index contributed by atoms with van der Waals surface area (Å²) in [7, 11) is 0. The van der Waals surface area contributed by atoms with Gasteiger partial charge in [-0.25, -0.2) is 0 Å². The Morgan fingerprint density at radius 1 is 1.36 bits per heavy atom. The van der Waals surface area contributed by atoms with Gasteiger partial charge in [0.1, 0.15) is 6.61 Å². The predicted octanol–water partition coefficient (Wildman–Crippen LogP) is 3.24. The maximum Gasteiger partial charge on any atom is 0.306 e. The van der Waals surface area contributed by atoms with E-state index >= 15 is 0 Å². The van der Waals surface area contributed by atoms with Gasteiger partial charge in [-0.2, -0.15) is 0 Å². The van der Waals surface area contributed by atoms with Crippen LogP contribution in [0.4, 0.5) is 0 Å². The third-order valence-electron chi connectivity index (χ3n) is 1.85. The molecule has 2 nitrogen and oxygen atoms in total. The van der Waals surface area contributed by atoms with Crippen molar-refractivity contribution in [2.75, 3.05) is 6.61 Å². The van der Waals surface area contributed by atoms with Crippen molar-refractivity contribution < 1.29 is 9.53 Å². The van der Waals surface area contributed by atoms with Gasteiger partial charge in [-0.15, -0.1) is 0 Å². The van der Waals surface area contributed by atoms with Crippen molar-refractivity contribution in [1.29, 1.82) is 0 Å². The standard InChI is InChI=1S/C12H20O2/c1-3-5-6-7-8-9-10-12(13)14-11-4-2/h3-5H,2,6-11H2,1H3. The van der Waals surface area contributed by atoms with E-state index in [2.05, 4.69) is 18.7 Å². The lowest BCUT2D eigenvalue weighted by atomic mass is 10.1. The fraction of sp³-hybridized carbons (Fsp3) is 0.583. The van der Waals surface area contributed by atoms with Gasteiger partial charge < -0.3 is 4.74 Å². The summed E-state index contributed by atoms with van der Waals surface area (Å²) in [6.07, 6.45) is 10.6. The van der Waals surface area contributed by atoms with Gasteiger partial charge in [-0.05, 0) is 26.2 Å². The second-order valence-corrected chi connectivity index (χ2v) is 3.14. The lowest BCUT2D eigenvalue weighted by Crippen LogP contribution is -2.03. The van der Waals surface area contributed by atoms with Gasteiger partial charge in [-0.3, -0.25) is 4.79 Å². The van der Waals surface area contributed by atoms with Crippen molar-refractivity contribution in [3.8, 4) is 0 Å². The van der Waals surface area contributed by atoms with Gasteiger partial charge in [0, 0.05) is 6.42 Å². The Kier molecular flexibility index (Phi) is 9.28. The van der Waals surface area contributed by atoms with Crippen LogP contribution in [0.1, 0.15) is 39.0 Å². The topological polar surface area (TPSA) is 26.3 Å². The van der Waals surface area contributed by atoms with E-state index in [9.17, 15) is 4.79 Å². The SMILES string of the molecule is C=CCOC(=O)CCCCCC=CC. The minimum atomic E-state index is -0.115. The molecule has 2 heteroatoms. The van der Waals surface area contributed by atoms with Crippen molar-refractivity contribution in [2.24, 2.45) is 0 Å². The molecule has 0 N–H and O–H groups in total. The Balaban J connectivity index is 3.18. The van der Waals surface area contributed by atoms with Gasteiger partial charge in [0.05, 0.1) is 0 Å². The number of carbonyl (C=O) groups is 1. The number of esters is 1. The van der Waals surface area contributed by atoms with E-state index in [-0.39, 0.29) is 5.97 Å². The van der Waals surface area contributed by atoms with E-state index in [4.69, 9.17) is 4.74 Å². The zero-order chi connectivity index (χ0) is 10.6. The Morgan fingerprint density at radius 2 is 2.14 bits per heavy atom. The minimum absolute atomic E-state index is 0.115. The van der Waals surface area contributed by atoms with Gasteiger partial charge >= 0.3 is 5.97 Å². The van der Waals surface area contributed by atoms with Crippen molar-refractivity contribution in [1.82, 2.24) is 0 Å².